The fourth-order valence-electron chi connectivity index (χ4n) is 2.19. The molecule has 1 aromatic heterocycles. The standard InChI is InChI=1S/C17H16N2O3S/c1-21-12-7-11(8-13(9-12)22-2)17(20)18-10-16-19-14-5-3-4-6-15(14)23-16/h3-9H,10H2,1-2H3,(H,18,20). The Balaban J connectivity index is 1.73. The second kappa shape index (κ2) is 6.66. The largest absolute Gasteiger partial charge is 0.497 e. The Morgan fingerprint density at radius 1 is 1.13 bits per heavy atom. The minimum Gasteiger partial charge on any atom is -0.497 e. The predicted octanol–water partition coefficient (Wildman–Crippen LogP) is 3.24. The molecule has 0 radical (unpaired) electrons. The third-order valence-corrected chi connectivity index (χ3v) is 4.39. The molecule has 1 N–H and O–H groups in total. The van der Waals surface area contributed by atoms with Crippen molar-refractivity contribution in [2.45, 2.75) is 6.54 Å². The van der Waals surface area contributed by atoms with Crippen LogP contribution in [0.2, 0.25) is 0 Å². The predicted molar refractivity (Wildman–Crippen MR) is 90.3 cm³/mol. The number of para-hydroxylation sites is 1. The van der Waals surface area contributed by atoms with Crippen molar-refractivity contribution in [1.29, 1.82) is 0 Å². The average Bonchev–Trinajstić information content (AvgIpc) is 3.02. The van der Waals surface area contributed by atoms with E-state index in [1.807, 2.05) is 24.3 Å². The van der Waals surface area contributed by atoms with Gasteiger partial charge in [-0.1, -0.05) is 12.1 Å². The van der Waals surface area contributed by atoms with Crippen LogP contribution in [0.5, 0.6) is 11.5 Å². The molecule has 0 unspecified atom stereocenters. The maximum absolute atomic E-state index is 12.3. The Bertz CT molecular complexity index is 789. The molecule has 6 heteroatoms. The van der Waals surface area contributed by atoms with Crippen LogP contribution >= 0.6 is 11.3 Å². The van der Waals surface area contributed by atoms with E-state index in [0.29, 0.717) is 23.6 Å². The fourth-order valence-corrected chi connectivity index (χ4v) is 3.10. The lowest BCUT2D eigenvalue weighted by Crippen LogP contribution is -2.22. The number of thiazole rings is 1. The summed E-state index contributed by atoms with van der Waals surface area (Å²) >= 11 is 1.57. The summed E-state index contributed by atoms with van der Waals surface area (Å²) in [5.41, 5.74) is 1.44. The van der Waals surface area contributed by atoms with E-state index in [1.165, 1.54) is 0 Å². The number of rotatable bonds is 5. The van der Waals surface area contributed by atoms with Gasteiger partial charge in [-0.15, -0.1) is 11.3 Å². The van der Waals surface area contributed by atoms with E-state index in [2.05, 4.69) is 10.3 Å². The number of aromatic nitrogens is 1. The highest BCUT2D eigenvalue weighted by atomic mass is 32.1. The van der Waals surface area contributed by atoms with Gasteiger partial charge in [-0.05, 0) is 24.3 Å². The van der Waals surface area contributed by atoms with Gasteiger partial charge in [0.2, 0.25) is 0 Å². The van der Waals surface area contributed by atoms with Gasteiger partial charge in [-0.25, -0.2) is 4.98 Å². The molecule has 3 aromatic rings. The summed E-state index contributed by atoms with van der Waals surface area (Å²) in [5, 5.41) is 3.75. The van der Waals surface area contributed by atoms with Gasteiger partial charge < -0.3 is 14.8 Å². The number of benzene rings is 2. The molecule has 23 heavy (non-hydrogen) atoms. The van der Waals surface area contributed by atoms with Gasteiger partial charge in [0.25, 0.3) is 5.91 Å². The quantitative estimate of drug-likeness (QED) is 0.781. The van der Waals surface area contributed by atoms with Crippen LogP contribution in [0.25, 0.3) is 10.2 Å². The van der Waals surface area contributed by atoms with E-state index < -0.39 is 0 Å². The molecule has 3 rings (SSSR count). The molecule has 0 saturated heterocycles. The number of carbonyl (C=O) groups excluding carboxylic acids is 1. The van der Waals surface area contributed by atoms with E-state index in [0.717, 1.165) is 15.2 Å². The van der Waals surface area contributed by atoms with Crippen molar-refractivity contribution in [3.63, 3.8) is 0 Å². The summed E-state index contributed by atoms with van der Waals surface area (Å²) in [5.74, 6) is 0.963. The Morgan fingerprint density at radius 3 is 2.48 bits per heavy atom. The molecule has 0 spiro atoms. The number of carbonyl (C=O) groups is 1. The molecule has 0 atom stereocenters. The molecule has 1 amide bonds. The molecule has 0 bridgehead atoms. The smallest absolute Gasteiger partial charge is 0.251 e. The Labute approximate surface area is 137 Å². The van der Waals surface area contributed by atoms with Crippen molar-refractivity contribution in [2.75, 3.05) is 14.2 Å². The van der Waals surface area contributed by atoms with Crippen LogP contribution in [0.4, 0.5) is 0 Å². The normalized spacial score (nSPS) is 10.5. The van der Waals surface area contributed by atoms with E-state index in [1.54, 1.807) is 43.8 Å². The number of methoxy groups -OCH3 is 2. The van der Waals surface area contributed by atoms with Crippen LogP contribution < -0.4 is 14.8 Å². The lowest BCUT2D eigenvalue weighted by molar-refractivity contribution is 0.0950. The van der Waals surface area contributed by atoms with Crippen molar-refractivity contribution >= 4 is 27.5 Å². The van der Waals surface area contributed by atoms with Crippen molar-refractivity contribution in [1.82, 2.24) is 10.3 Å². The first-order valence-electron chi connectivity index (χ1n) is 7.05. The first-order valence-corrected chi connectivity index (χ1v) is 7.87. The number of fused-ring (bicyclic) bond motifs is 1. The summed E-state index contributed by atoms with van der Waals surface area (Å²) < 4.78 is 11.5. The molecule has 0 aliphatic carbocycles. The Kier molecular flexibility index (Phi) is 4.43. The van der Waals surface area contributed by atoms with Crippen LogP contribution in [-0.2, 0) is 6.54 Å². The van der Waals surface area contributed by atoms with Gasteiger partial charge >= 0.3 is 0 Å². The fraction of sp³-hybridized carbons (Fsp3) is 0.176. The molecule has 0 fully saturated rings. The number of hydrogen-bond donors (Lipinski definition) is 1. The van der Waals surface area contributed by atoms with Crippen LogP contribution in [0.3, 0.4) is 0 Å². The monoisotopic (exact) mass is 328 g/mol. The number of ether oxygens (including phenoxy) is 2. The minimum absolute atomic E-state index is 0.193. The molecule has 118 valence electrons. The van der Waals surface area contributed by atoms with Crippen LogP contribution in [0, 0.1) is 0 Å². The molecule has 1 heterocycles. The average molecular weight is 328 g/mol. The Morgan fingerprint density at radius 2 is 1.83 bits per heavy atom. The van der Waals surface area contributed by atoms with Crippen molar-refractivity contribution in [2.24, 2.45) is 0 Å². The summed E-state index contributed by atoms with van der Waals surface area (Å²) in [7, 11) is 3.11. The van der Waals surface area contributed by atoms with E-state index in [-0.39, 0.29) is 5.91 Å². The zero-order valence-electron chi connectivity index (χ0n) is 12.8. The molecule has 0 aliphatic rings. The summed E-state index contributed by atoms with van der Waals surface area (Å²) in [6.45, 7) is 0.387. The van der Waals surface area contributed by atoms with Crippen LogP contribution in [0.1, 0.15) is 15.4 Å². The summed E-state index contributed by atoms with van der Waals surface area (Å²) in [6.07, 6.45) is 0. The number of hydrogen-bond acceptors (Lipinski definition) is 5. The van der Waals surface area contributed by atoms with E-state index in [4.69, 9.17) is 9.47 Å². The molecule has 5 nitrogen and oxygen atoms in total. The highest BCUT2D eigenvalue weighted by Crippen LogP contribution is 2.23. The first kappa shape index (κ1) is 15.3. The highest BCUT2D eigenvalue weighted by Gasteiger charge is 2.11. The van der Waals surface area contributed by atoms with Crippen LogP contribution in [-0.4, -0.2) is 25.1 Å². The zero-order valence-corrected chi connectivity index (χ0v) is 13.6. The molecular formula is C17H16N2O3S. The summed E-state index contributed by atoms with van der Waals surface area (Å²) in [4.78, 5) is 16.8. The van der Waals surface area contributed by atoms with Crippen molar-refractivity contribution < 1.29 is 14.3 Å². The van der Waals surface area contributed by atoms with Gasteiger partial charge in [0.15, 0.2) is 0 Å². The van der Waals surface area contributed by atoms with Crippen LogP contribution in [0.15, 0.2) is 42.5 Å². The number of nitrogens with zero attached hydrogens (tertiary/aromatic N) is 1. The minimum atomic E-state index is -0.193. The van der Waals surface area contributed by atoms with Gasteiger partial charge in [-0.3, -0.25) is 4.79 Å². The maximum atomic E-state index is 12.3. The highest BCUT2D eigenvalue weighted by molar-refractivity contribution is 7.18. The second-order valence-electron chi connectivity index (χ2n) is 4.86. The topological polar surface area (TPSA) is 60.5 Å². The lowest BCUT2D eigenvalue weighted by Gasteiger charge is -2.08. The summed E-state index contributed by atoms with van der Waals surface area (Å²) in [6, 6.07) is 13.0. The van der Waals surface area contributed by atoms with Gasteiger partial charge in [0.05, 0.1) is 31.0 Å². The van der Waals surface area contributed by atoms with Gasteiger partial charge in [-0.2, -0.15) is 0 Å². The third-order valence-electron chi connectivity index (χ3n) is 3.35. The van der Waals surface area contributed by atoms with E-state index in [9.17, 15) is 4.79 Å². The number of nitrogens with one attached hydrogen (secondary N) is 1. The molecular weight excluding hydrogens is 312 g/mol. The Hall–Kier alpha value is -2.60. The lowest BCUT2D eigenvalue weighted by atomic mass is 10.2. The first-order chi connectivity index (χ1) is 11.2. The maximum Gasteiger partial charge on any atom is 0.251 e. The van der Waals surface area contributed by atoms with Crippen molar-refractivity contribution in [3.8, 4) is 11.5 Å². The zero-order chi connectivity index (χ0) is 16.2. The van der Waals surface area contributed by atoms with Gasteiger partial charge in [0.1, 0.15) is 16.5 Å². The third kappa shape index (κ3) is 3.43. The number of amides is 1. The molecule has 2 aromatic carbocycles. The second-order valence-corrected chi connectivity index (χ2v) is 5.97. The van der Waals surface area contributed by atoms with E-state index >= 15 is 0 Å². The van der Waals surface area contributed by atoms with Crippen molar-refractivity contribution in [3.05, 3.63) is 53.0 Å². The molecule has 0 saturated carbocycles. The van der Waals surface area contributed by atoms with Gasteiger partial charge in [0, 0.05) is 11.6 Å². The SMILES string of the molecule is COc1cc(OC)cc(C(=O)NCc2nc3ccccc3s2)c1. The molecule has 0 aliphatic heterocycles.